The van der Waals surface area contributed by atoms with Gasteiger partial charge in [-0.25, -0.2) is 0 Å². The zero-order chi connectivity index (χ0) is 17.0. The Kier molecular flexibility index (Phi) is 7.64. The molecule has 0 bridgehead atoms. The molecule has 1 heterocycles. The van der Waals surface area contributed by atoms with Crippen LogP contribution in [0.5, 0.6) is 0 Å². The van der Waals surface area contributed by atoms with Gasteiger partial charge in [0.25, 0.3) is 0 Å². The van der Waals surface area contributed by atoms with Crippen LogP contribution in [0.25, 0.3) is 5.32 Å². The van der Waals surface area contributed by atoms with Crippen molar-refractivity contribution in [2.45, 2.75) is 58.4 Å². The van der Waals surface area contributed by atoms with Gasteiger partial charge in [0.15, 0.2) is 0 Å². The number of amides is 1. The van der Waals surface area contributed by atoms with Gasteiger partial charge in [0.05, 0.1) is 0 Å². The fraction of sp³-hybridized carbons (Fsp3) is 0.667. The molecule has 0 aromatic carbocycles. The molecule has 4 heteroatoms. The van der Waals surface area contributed by atoms with E-state index in [1.165, 1.54) is 49.9 Å². The molecule has 0 saturated heterocycles. The molecule has 0 N–H and O–H groups in total. The van der Waals surface area contributed by atoms with Gasteiger partial charge in [-0.05, 0) is 36.5 Å². The first-order valence-corrected chi connectivity index (χ1v) is 9.52. The average molecular weight is 429 g/mol. The third-order valence-electron chi connectivity index (χ3n) is 5.87. The van der Waals surface area contributed by atoms with Gasteiger partial charge >= 0.3 is 19.5 Å². The number of hydrogen-bond donors (Lipinski definition) is 0. The van der Waals surface area contributed by atoms with E-state index in [0.29, 0.717) is 6.04 Å². The van der Waals surface area contributed by atoms with E-state index in [9.17, 15) is 4.79 Å². The molecule has 0 unspecified atom stereocenters. The summed E-state index contributed by atoms with van der Waals surface area (Å²) in [5, 5.41) is 4.02. The van der Waals surface area contributed by atoms with Gasteiger partial charge in [-0.1, -0.05) is 63.8 Å². The number of allylic oxidation sites excluding steroid dienone is 3. The van der Waals surface area contributed by atoms with Crippen LogP contribution < -0.4 is 0 Å². The first-order valence-electron chi connectivity index (χ1n) is 9.52. The maximum atomic E-state index is 10.5. The number of nitrogens with zero attached hydrogens (tertiary/aromatic N) is 2. The Bertz CT molecular complexity index is 542. The fourth-order valence-corrected chi connectivity index (χ4v) is 4.12. The molecule has 1 saturated carbocycles. The van der Waals surface area contributed by atoms with Crippen molar-refractivity contribution in [1.29, 1.82) is 0 Å². The summed E-state index contributed by atoms with van der Waals surface area (Å²) in [5.74, 6) is 0.821. The quantitative estimate of drug-likeness (QED) is 0.473. The first kappa shape index (κ1) is 20.6. The van der Waals surface area contributed by atoms with Crippen LogP contribution >= 0.6 is 0 Å². The zero-order valence-electron chi connectivity index (χ0n) is 15.6. The maximum absolute atomic E-state index is 10.5. The second-order valence-electron chi connectivity index (χ2n) is 8.28. The molecule has 0 aromatic rings. The van der Waals surface area contributed by atoms with Crippen molar-refractivity contribution in [1.82, 2.24) is 4.90 Å². The largest absolute Gasteiger partial charge is 1.00 e. The van der Waals surface area contributed by atoms with Crippen LogP contribution in [-0.2, 0) is 24.3 Å². The Labute approximate surface area is 165 Å². The Morgan fingerprint density at radius 3 is 2.52 bits per heavy atom. The van der Waals surface area contributed by atoms with Crippen LogP contribution in [0.15, 0.2) is 35.5 Å². The van der Waals surface area contributed by atoms with Crippen LogP contribution in [0.3, 0.4) is 0 Å². The SMILES string of the molecule is CC1(C)C=CC2=C(C=C1)CN(CCC1CCC([N-]C=O)CC1)CC2.[Ru+]. The molecule has 139 valence electrons. The smallest absolute Gasteiger partial charge is 0.654 e. The molecular formula is C21H31N2ORu. The molecule has 0 spiro atoms. The van der Waals surface area contributed by atoms with E-state index in [-0.39, 0.29) is 24.9 Å². The number of carbonyl (C=O) groups is 1. The first-order chi connectivity index (χ1) is 11.6. The van der Waals surface area contributed by atoms with E-state index in [0.717, 1.165) is 31.7 Å². The predicted octanol–water partition coefficient (Wildman–Crippen LogP) is 4.62. The van der Waals surface area contributed by atoms with Crippen LogP contribution in [0.4, 0.5) is 0 Å². The topological polar surface area (TPSA) is 34.4 Å². The van der Waals surface area contributed by atoms with Crippen molar-refractivity contribution in [2.24, 2.45) is 11.3 Å². The van der Waals surface area contributed by atoms with Crippen LogP contribution in [0, 0.1) is 11.3 Å². The second-order valence-corrected chi connectivity index (χ2v) is 8.28. The summed E-state index contributed by atoms with van der Waals surface area (Å²) in [5.41, 5.74) is 3.22. The van der Waals surface area contributed by atoms with Crippen molar-refractivity contribution in [3.63, 3.8) is 0 Å². The molecular weight excluding hydrogens is 397 g/mol. The van der Waals surface area contributed by atoms with Gasteiger partial charge < -0.3 is 10.1 Å². The summed E-state index contributed by atoms with van der Waals surface area (Å²) in [6.07, 6.45) is 17.3. The molecule has 0 atom stereocenters. The Morgan fingerprint density at radius 2 is 1.84 bits per heavy atom. The minimum absolute atomic E-state index is 0. The minimum atomic E-state index is 0. The molecule has 3 nitrogen and oxygen atoms in total. The van der Waals surface area contributed by atoms with E-state index in [4.69, 9.17) is 0 Å². The van der Waals surface area contributed by atoms with Crippen molar-refractivity contribution < 1.29 is 24.3 Å². The van der Waals surface area contributed by atoms with Gasteiger partial charge in [0.1, 0.15) is 0 Å². The van der Waals surface area contributed by atoms with Gasteiger partial charge in [0.2, 0.25) is 0 Å². The molecule has 1 amide bonds. The normalized spacial score (nSPS) is 28.7. The van der Waals surface area contributed by atoms with Crippen molar-refractivity contribution >= 4 is 6.41 Å². The summed E-state index contributed by atoms with van der Waals surface area (Å²) in [6.45, 7) is 8.03. The summed E-state index contributed by atoms with van der Waals surface area (Å²) in [6, 6.07) is 0.299. The van der Waals surface area contributed by atoms with E-state index in [1.807, 2.05) is 0 Å². The standard InChI is InChI=1S/C21H32N2O.Ru/c1-21(2)11-7-18-10-14-23(15-19(18)8-12-21)13-9-17-3-5-20(6-4-17)22-16-24;/h7-8,11-12,16-17,20H,3-6,9-10,13-15H2,1-2H3,(H,22,24);/q;+1/p-1. The maximum Gasteiger partial charge on any atom is 1.00 e. The van der Waals surface area contributed by atoms with Gasteiger partial charge in [-0.2, -0.15) is 0 Å². The predicted molar refractivity (Wildman–Crippen MR) is 99.9 cm³/mol. The number of rotatable bonds is 5. The van der Waals surface area contributed by atoms with E-state index >= 15 is 0 Å². The van der Waals surface area contributed by atoms with Crippen molar-refractivity contribution in [3.8, 4) is 0 Å². The molecule has 1 fully saturated rings. The average Bonchev–Trinajstić information content (AvgIpc) is 2.73. The second kappa shape index (κ2) is 9.28. The summed E-state index contributed by atoms with van der Waals surface area (Å²) in [4.78, 5) is 13.1. The van der Waals surface area contributed by atoms with E-state index in [1.54, 1.807) is 0 Å². The Morgan fingerprint density at radius 1 is 1.16 bits per heavy atom. The molecule has 3 aliphatic rings. The third kappa shape index (κ3) is 5.89. The molecule has 1 aliphatic heterocycles. The van der Waals surface area contributed by atoms with E-state index in [2.05, 4.69) is 48.4 Å². The Balaban J connectivity index is 0.00000225. The Hall–Kier alpha value is -0.727. The third-order valence-corrected chi connectivity index (χ3v) is 5.87. The number of carbonyl (C=O) groups excluding carboxylic acids is 1. The molecule has 0 aromatic heterocycles. The van der Waals surface area contributed by atoms with Gasteiger partial charge in [-0.15, -0.1) is 6.04 Å². The monoisotopic (exact) mass is 429 g/mol. The van der Waals surface area contributed by atoms with Crippen LogP contribution in [-0.4, -0.2) is 37.0 Å². The molecule has 3 rings (SSSR count). The number of hydrogen-bond acceptors (Lipinski definition) is 2. The fourth-order valence-electron chi connectivity index (χ4n) is 4.12. The van der Waals surface area contributed by atoms with Gasteiger partial charge in [0, 0.05) is 24.9 Å². The molecule has 1 radical (unpaired) electrons. The van der Waals surface area contributed by atoms with E-state index < -0.39 is 0 Å². The minimum Gasteiger partial charge on any atom is -0.654 e. The summed E-state index contributed by atoms with van der Waals surface area (Å²) >= 11 is 0. The van der Waals surface area contributed by atoms with Crippen LogP contribution in [0.2, 0.25) is 0 Å². The molecule has 25 heavy (non-hydrogen) atoms. The van der Waals surface area contributed by atoms with Crippen molar-refractivity contribution in [3.05, 3.63) is 40.8 Å². The van der Waals surface area contributed by atoms with Crippen LogP contribution in [0.1, 0.15) is 52.4 Å². The van der Waals surface area contributed by atoms with Crippen molar-refractivity contribution in [2.75, 3.05) is 19.6 Å². The summed E-state index contributed by atoms with van der Waals surface area (Å²) < 4.78 is 0. The zero-order valence-corrected chi connectivity index (χ0v) is 17.3. The summed E-state index contributed by atoms with van der Waals surface area (Å²) in [7, 11) is 0. The molecule has 2 aliphatic carbocycles. The van der Waals surface area contributed by atoms with Gasteiger partial charge in [-0.3, -0.25) is 4.90 Å².